The van der Waals surface area contributed by atoms with Crippen molar-refractivity contribution in [3.8, 4) is 0 Å². The summed E-state index contributed by atoms with van der Waals surface area (Å²) in [6.45, 7) is 7.63. The zero-order valence-corrected chi connectivity index (χ0v) is 14.2. The van der Waals surface area contributed by atoms with Gasteiger partial charge in [-0.3, -0.25) is 9.59 Å². The predicted molar refractivity (Wildman–Crippen MR) is 83.0 cm³/mol. The molecule has 112 valence electrons. The van der Waals surface area contributed by atoms with Gasteiger partial charge in [0.1, 0.15) is 0 Å². The first-order valence-corrected chi connectivity index (χ1v) is 8.59. The third-order valence-electron chi connectivity index (χ3n) is 1.87. The zero-order chi connectivity index (χ0) is 15.3. The van der Waals surface area contributed by atoms with Crippen molar-refractivity contribution in [1.82, 2.24) is 15.5 Å². The molecule has 0 fully saturated rings. The van der Waals surface area contributed by atoms with Crippen LogP contribution >= 0.6 is 34.9 Å². The second-order valence-electron chi connectivity index (χ2n) is 5.09. The lowest BCUT2D eigenvalue weighted by Crippen LogP contribution is -2.44. The lowest BCUT2D eigenvalue weighted by atomic mass is 10.1. The molecule has 20 heavy (non-hydrogen) atoms. The summed E-state index contributed by atoms with van der Waals surface area (Å²) in [5.41, 5.74) is 4.81. The molecule has 1 heterocycles. The number of aromatic nitrogens is 2. The molecule has 1 rings (SSSR count). The van der Waals surface area contributed by atoms with Crippen LogP contribution in [0.5, 0.6) is 0 Å². The van der Waals surface area contributed by atoms with Crippen molar-refractivity contribution in [3.63, 3.8) is 0 Å². The van der Waals surface area contributed by atoms with E-state index in [9.17, 15) is 9.59 Å². The van der Waals surface area contributed by atoms with Gasteiger partial charge < -0.3 is 11.1 Å². The van der Waals surface area contributed by atoms with E-state index in [1.54, 1.807) is 0 Å². The molecule has 0 aliphatic carbocycles. The largest absolute Gasteiger partial charge is 0.369 e. The number of nitrogens with two attached hydrogens (primary N) is 1. The quantitative estimate of drug-likeness (QED) is 0.765. The SMILES string of the molecule is CC(Sc1nnc(SCC(N)=O)s1)C(=O)NC(C)(C)C. The summed E-state index contributed by atoms with van der Waals surface area (Å²) in [6, 6.07) is 0. The molecule has 0 aliphatic heterocycles. The third-order valence-corrected chi connectivity index (χ3v) is 5.13. The minimum Gasteiger partial charge on any atom is -0.369 e. The summed E-state index contributed by atoms with van der Waals surface area (Å²) in [4.78, 5) is 22.6. The minimum absolute atomic E-state index is 0.0379. The van der Waals surface area contributed by atoms with Crippen molar-refractivity contribution in [2.45, 2.75) is 47.2 Å². The number of thioether (sulfide) groups is 2. The molecule has 3 N–H and O–H groups in total. The average molecular weight is 334 g/mol. The monoisotopic (exact) mass is 334 g/mol. The van der Waals surface area contributed by atoms with Crippen molar-refractivity contribution in [2.24, 2.45) is 5.73 Å². The average Bonchev–Trinajstić information content (AvgIpc) is 2.71. The number of rotatable bonds is 6. The third kappa shape index (κ3) is 6.58. The second kappa shape index (κ2) is 7.28. The molecule has 0 bridgehead atoms. The molecule has 9 heteroatoms. The van der Waals surface area contributed by atoms with Crippen LogP contribution in [-0.2, 0) is 9.59 Å². The van der Waals surface area contributed by atoms with Crippen LogP contribution < -0.4 is 11.1 Å². The van der Waals surface area contributed by atoms with Gasteiger partial charge in [0, 0.05) is 5.54 Å². The Hall–Kier alpha value is -0.800. The Morgan fingerprint density at radius 2 is 1.95 bits per heavy atom. The standard InChI is InChI=1S/C11H18N4O2S3/c1-6(8(17)13-11(2,3)4)19-10-15-14-9(20-10)18-5-7(12)16/h6H,5H2,1-4H3,(H2,12,16)(H,13,17). The molecule has 0 saturated heterocycles. The molecule has 1 atom stereocenters. The van der Waals surface area contributed by atoms with Gasteiger partial charge in [-0.2, -0.15) is 0 Å². The Kier molecular flexibility index (Phi) is 6.28. The van der Waals surface area contributed by atoms with Crippen LogP contribution in [0.1, 0.15) is 27.7 Å². The van der Waals surface area contributed by atoms with Crippen LogP contribution in [0, 0.1) is 0 Å². The van der Waals surface area contributed by atoms with E-state index < -0.39 is 5.91 Å². The molecule has 0 spiro atoms. The maximum atomic E-state index is 11.9. The highest BCUT2D eigenvalue weighted by Crippen LogP contribution is 2.31. The Bertz CT molecular complexity index is 484. The number of carbonyl (C=O) groups is 2. The summed E-state index contributed by atoms with van der Waals surface area (Å²) in [5, 5.41) is 10.6. The normalized spacial score (nSPS) is 13.0. The Labute approximate surface area is 130 Å². The fraction of sp³-hybridized carbons (Fsp3) is 0.636. The van der Waals surface area contributed by atoms with Crippen LogP contribution in [0.4, 0.5) is 0 Å². The van der Waals surface area contributed by atoms with Gasteiger partial charge in [-0.15, -0.1) is 10.2 Å². The van der Waals surface area contributed by atoms with Gasteiger partial charge in [-0.05, 0) is 27.7 Å². The van der Waals surface area contributed by atoms with E-state index in [0.29, 0.717) is 8.68 Å². The molecule has 0 aliphatic rings. The van der Waals surface area contributed by atoms with Crippen molar-refractivity contribution in [1.29, 1.82) is 0 Å². The lowest BCUT2D eigenvalue weighted by Gasteiger charge is -2.22. The second-order valence-corrected chi connectivity index (χ2v) is 8.88. The van der Waals surface area contributed by atoms with Gasteiger partial charge in [0.2, 0.25) is 11.8 Å². The number of nitrogens with one attached hydrogen (secondary N) is 1. The molecule has 0 aromatic carbocycles. The van der Waals surface area contributed by atoms with Gasteiger partial charge in [-0.1, -0.05) is 34.9 Å². The Balaban J connectivity index is 2.52. The smallest absolute Gasteiger partial charge is 0.233 e. The lowest BCUT2D eigenvalue weighted by molar-refractivity contribution is -0.121. The number of hydrogen-bond donors (Lipinski definition) is 2. The Morgan fingerprint density at radius 3 is 2.50 bits per heavy atom. The molecule has 1 unspecified atom stereocenters. The molecule has 0 saturated carbocycles. The summed E-state index contributed by atoms with van der Waals surface area (Å²) in [6.07, 6.45) is 0. The Morgan fingerprint density at radius 1 is 1.35 bits per heavy atom. The van der Waals surface area contributed by atoms with Crippen LogP contribution in [0.3, 0.4) is 0 Å². The first kappa shape index (κ1) is 17.3. The molecule has 6 nitrogen and oxygen atoms in total. The predicted octanol–water partition coefficient (Wildman–Crippen LogP) is 1.51. The fourth-order valence-electron chi connectivity index (χ4n) is 1.11. The number of carbonyl (C=O) groups excluding carboxylic acids is 2. The summed E-state index contributed by atoms with van der Waals surface area (Å²) in [7, 11) is 0. The fourth-order valence-corrected chi connectivity index (χ4v) is 4.02. The number of amides is 2. The first-order chi connectivity index (χ1) is 9.17. The van der Waals surface area contributed by atoms with E-state index in [2.05, 4.69) is 15.5 Å². The van der Waals surface area contributed by atoms with Gasteiger partial charge in [-0.25, -0.2) is 0 Å². The molecule has 1 aromatic heterocycles. The topological polar surface area (TPSA) is 98.0 Å². The van der Waals surface area contributed by atoms with Crippen molar-refractivity contribution < 1.29 is 9.59 Å². The number of primary amides is 1. The zero-order valence-electron chi connectivity index (χ0n) is 11.8. The van der Waals surface area contributed by atoms with E-state index in [0.717, 1.165) is 0 Å². The van der Waals surface area contributed by atoms with E-state index >= 15 is 0 Å². The van der Waals surface area contributed by atoms with Crippen LogP contribution in [-0.4, -0.2) is 38.6 Å². The van der Waals surface area contributed by atoms with E-state index in [1.165, 1.54) is 34.9 Å². The molecular weight excluding hydrogens is 316 g/mol. The summed E-state index contributed by atoms with van der Waals surface area (Å²) in [5.74, 6) is -0.249. The highest BCUT2D eigenvalue weighted by molar-refractivity contribution is 8.04. The van der Waals surface area contributed by atoms with Gasteiger partial charge >= 0.3 is 0 Å². The highest BCUT2D eigenvalue weighted by atomic mass is 32.2. The van der Waals surface area contributed by atoms with Crippen molar-refractivity contribution >= 4 is 46.7 Å². The minimum atomic E-state index is -0.391. The van der Waals surface area contributed by atoms with E-state index in [4.69, 9.17) is 5.73 Å². The van der Waals surface area contributed by atoms with Gasteiger partial charge in [0.15, 0.2) is 8.68 Å². The molecular formula is C11H18N4O2S3. The number of nitrogens with zero attached hydrogens (tertiary/aromatic N) is 2. The van der Waals surface area contributed by atoms with Crippen molar-refractivity contribution in [3.05, 3.63) is 0 Å². The molecule has 0 radical (unpaired) electrons. The molecule has 1 aromatic rings. The number of hydrogen-bond acceptors (Lipinski definition) is 7. The van der Waals surface area contributed by atoms with Crippen LogP contribution in [0.25, 0.3) is 0 Å². The van der Waals surface area contributed by atoms with Crippen molar-refractivity contribution in [2.75, 3.05) is 5.75 Å². The van der Waals surface area contributed by atoms with E-state index in [-0.39, 0.29) is 22.4 Å². The highest BCUT2D eigenvalue weighted by Gasteiger charge is 2.21. The van der Waals surface area contributed by atoms with Crippen LogP contribution in [0.2, 0.25) is 0 Å². The summed E-state index contributed by atoms with van der Waals surface area (Å²) >= 11 is 3.96. The van der Waals surface area contributed by atoms with Gasteiger partial charge in [0.05, 0.1) is 11.0 Å². The first-order valence-electron chi connectivity index (χ1n) is 5.90. The van der Waals surface area contributed by atoms with Gasteiger partial charge in [0.25, 0.3) is 0 Å². The van der Waals surface area contributed by atoms with E-state index in [1.807, 2.05) is 27.7 Å². The summed E-state index contributed by atoms with van der Waals surface area (Å²) < 4.78 is 1.38. The molecule has 2 amide bonds. The maximum absolute atomic E-state index is 11.9. The van der Waals surface area contributed by atoms with Crippen LogP contribution in [0.15, 0.2) is 8.68 Å². The maximum Gasteiger partial charge on any atom is 0.233 e.